The second kappa shape index (κ2) is 7.06. The number of ether oxygens (including phenoxy) is 1. The van der Waals surface area contributed by atoms with Crippen molar-refractivity contribution in [1.82, 2.24) is 15.0 Å². The molecule has 2 heterocycles. The first-order chi connectivity index (χ1) is 13.1. The van der Waals surface area contributed by atoms with Gasteiger partial charge in [0.1, 0.15) is 17.3 Å². The molecule has 6 nitrogen and oxygen atoms in total. The Kier molecular flexibility index (Phi) is 4.59. The Balaban J connectivity index is 1.70. The van der Waals surface area contributed by atoms with E-state index >= 15 is 0 Å². The molecule has 1 aromatic heterocycles. The fourth-order valence-corrected chi connectivity index (χ4v) is 3.41. The minimum atomic E-state index is -0.534. The molecule has 0 saturated carbocycles. The number of halogens is 1. The number of methoxy groups -OCH3 is 1. The van der Waals surface area contributed by atoms with Gasteiger partial charge in [-0.05, 0) is 38.1 Å². The molecular weight excluding hydrogens is 364 g/mol. The summed E-state index contributed by atoms with van der Waals surface area (Å²) in [6.07, 6.45) is -0.534. The van der Waals surface area contributed by atoms with Crippen LogP contribution in [0.15, 0.2) is 53.5 Å². The second-order valence-corrected chi connectivity index (χ2v) is 6.61. The van der Waals surface area contributed by atoms with E-state index in [1.165, 1.54) is 0 Å². The number of hydroxylamine groups is 1. The summed E-state index contributed by atoms with van der Waals surface area (Å²) in [5.41, 5.74) is 6.35. The van der Waals surface area contributed by atoms with E-state index in [2.05, 4.69) is 15.5 Å². The molecular formula is C20H19ClN4O2. The largest absolute Gasteiger partial charge is 0.497 e. The number of rotatable bonds is 4. The van der Waals surface area contributed by atoms with Gasteiger partial charge in [-0.3, -0.25) is 4.57 Å². The Bertz CT molecular complexity index is 1030. The molecule has 0 spiro atoms. The molecule has 1 N–H and O–H groups in total. The molecule has 27 heavy (non-hydrogen) atoms. The van der Waals surface area contributed by atoms with Crippen molar-refractivity contribution in [3.05, 3.63) is 76.3 Å². The SMILES string of the molecule is COc1cccc(C2=NC(c3nc(C)n(-c4ccccc4Cl)c3C)ON2)c1. The fourth-order valence-electron chi connectivity index (χ4n) is 3.19. The number of aliphatic imine (C=N–C) groups is 1. The van der Waals surface area contributed by atoms with Crippen LogP contribution >= 0.6 is 11.6 Å². The maximum Gasteiger partial charge on any atom is 0.221 e. The van der Waals surface area contributed by atoms with Crippen LogP contribution in [0.1, 0.15) is 29.0 Å². The number of benzene rings is 2. The van der Waals surface area contributed by atoms with Gasteiger partial charge in [-0.15, -0.1) is 0 Å². The molecule has 3 aromatic rings. The molecule has 0 radical (unpaired) electrons. The van der Waals surface area contributed by atoms with Crippen molar-refractivity contribution in [2.75, 3.05) is 7.11 Å². The van der Waals surface area contributed by atoms with Crippen molar-refractivity contribution >= 4 is 17.4 Å². The van der Waals surface area contributed by atoms with Crippen LogP contribution in [0, 0.1) is 13.8 Å². The van der Waals surface area contributed by atoms with Crippen LogP contribution in [0.3, 0.4) is 0 Å². The van der Waals surface area contributed by atoms with Crippen LogP contribution in [0.25, 0.3) is 5.69 Å². The highest BCUT2D eigenvalue weighted by atomic mass is 35.5. The second-order valence-electron chi connectivity index (χ2n) is 6.20. The van der Waals surface area contributed by atoms with Gasteiger partial charge >= 0.3 is 0 Å². The lowest BCUT2D eigenvalue weighted by atomic mass is 10.2. The average molecular weight is 383 g/mol. The summed E-state index contributed by atoms with van der Waals surface area (Å²) in [5.74, 6) is 2.22. The number of imidazole rings is 1. The van der Waals surface area contributed by atoms with Gasteiger partial charge in [-0.25, -0.2) is 20.3 Å². The van der Waals surface area contributed by atoms with Crippen molar-refractivity contribution in [3.8, 4) is 11.4 Å². The third-order valence-corrected chi connectivity index (χ3v) is 4.82. The third kappa shape index (κ3) is 3.18. The zero-order valence-corrected chi connectivity index (χ0v) is 16.0. The summed E-state index contributed by atoms with van der Waals surface area (Å²) >= 11 is 6.37. The smallest absolute Gasteiger partial charge is 0.221 e. The van der Waals surface area contributed by atoms with E-state index in [1.807, 2.05) is 66.9 Å². The van der Waals surface area contributed by atoms with Crippen LogP contribution in [0.5, 0.6) is 5.75 Å². The molecule has 7 heteroatoms. The van der Waals surface area contributed by atoms with Gasteiger partial charge in [0.2, 0.25) is 6.23 Å². The molecule has 2 aromatic carbocycles. The first kappa shape index (κ1) is 17.6. The molecule has 0 saturated heterocycles. The van der Waals surface area contributed by atoms with Crippen LogP contribution in [0.4, 0.5) is 0 Å². The standard InChI is InChI=1S/C20H19ClN4O2/c1-12-18(22-13(2)25(12)17-10-5-4-9-16(17)21)20-23-19(24-27-20)14-7-6-8-15(11-14)26-3/h4-11,20H,1-3H3,(H,23,24). The highest BCUT2D eigenvalue weighted by Gasteiger charge is 2.27. The van der Waals surface area contributed by atoms with Crippen molar-refractivity contribution in [3.63, 3.8) is 0 Å². The van der Waals surface area contributed by atoms with E-state index in [9.17, 15) is 0 Å². The predicted molar refractivity (Wildman–Crippen MR) is 105 cm³/mol. The molecule has 1 atom stereocenters. The lowest BCUT2D eigenvalue weighted by Gasteiger charge is -2.10. The lowest BCUT2D eigenvalue weighted by molar-refractivity contribution is 0.0348. The first-order valence-electron chi connectivity index (χ1n) is 8.53. The number of para-hydroxylation sites is 1. The lowest BCUT2D eigenvalue weighted by Crippen LogP contribution is -2.18. The fraction of sp³-hybridized carbons (Fsp3) is 0.200. The third-order valence-electron chi connectivity index (χ3n) is 4.50. The highest BCUT2D eigenvalue weighted by molar-refractivity contribution is 6.32. The van der Waals surface area contributed by atoms with Gasteiger partial charge in [0.15, 0.2) is 5.84 Å². The van der Waals surface area contributed by atoms with Gasteiger partial charge in [0.05, 0.1) is 17.8 Å². The number of hydrogen-bond acceptors (Lipinski definition) is 5. The normalized spacial score (nSPS) is 16.1. The molecule has 0 aliphatic carbocycles. The van der Waals surface area contributed by atoms with Gasteiger partial charge in [0.25, 0.3) is 0 Å². The molecule has 138 valence electrons. The summed E-state index contributed by atoms with van der Waals surface area (Å²) in [6, 6.07) is 15.3. The van der Waals surface area contributed by atoms with Gasteiger partial charge in [-0.2, -0.15) is 0 Å². The van der Waals surface area contributed by atoms with Crippen molar-refractivity contribution in [1.29, 1.82) is 0 Å². The van der Waals surface area contributed by atoms with E-state index in [4.69, 9.17) is 21.2 Å². The molecule has 0 bridgehead atoms. The molecule has 1 unspecified atom stereocenters. The summed E-state index contributed by atoms with van der Waals surface area (Å²) < 4.78 is 7.29. The molecule has 0 amide bonds. The van der Waals surface area contributed by atoms with Crippen LogP contribution in [0.2, 0.25) is 5.02 Å². The Labute approximate surface area is 162 Å². The van der Waals surface area contributed by atoms with E-state index in [1.54, 1.807) is 7.11 Å². The molecule has 4 rings (SSSR count). The summed E-state index contributed by atoms with van der Waals surface area (Å²) in [7, 11) is 1.63. The van der Waals surface area contributed by atoms with Crippen LogP contribution in [-0.2, 0) is 4.84 Å². The Morgan fingerprint density at radius 2 is 1.96 bits per heavy atom. The van der Waals surface area contributed by atoms with Crippen LogP contribution in [-0.4, -0.2) is 22.5 Å². The van der Waals surface area contributed by atoms with Crippen molar-refractivity contribution in [2.45, 2.75) is 20.1 Å². The highest BCUT2D eigenvalue weighted by Crippen LogP contribution is 2.30. The monoisotopic (exact) mass is 382 g/mol. The first-order valence-corrected chi connectivity index (χ1v) is 8.91. The van der Waals surface area contributed by atoms with E-state index < -0.39 is 6.23 Å². The summed E-state index contributed by atoms with van der Waals surface area (Å²) in [6.45, 7) is 3.93. The van der Waals surface area contributed by atoms with Crippen molar-refractivity contribution in [2.24, 2.45) is 4.99 Å². The van der Waals surface area contributed by atoms with E-state index in [-0.39, 0.29) is 0 Å². The number of nitrogens with zero attached hydrogens (tertiary/aromatic N) is 3. The average Bonchev–Trinajstić information content (AvgIpc) is 3.27. The Hall–Kier alpha value is -2.83. The number of nitrogens with one attached hydrogen (secondary N) is 1. The minimum absolute atomic E-state index is 0.534. The number of hydrogen-bond donors (Lipinski definition) is 1. The minimum Gasteiger partial charge on any atom is -0.497 e. The topological polar surface area (TPSA) is 60.7 Å². The molecule has 1 aliphatic heterocycles. The summed E-state index contributed by atoms with van der Waals surface area (Å²) in [5, 5.41) is 0.665. The zero-order valence-electron chi connectivity index (χ0n) is 15.2. The quantitative estimate of drug-likeness (QED) is 0.737. The predicted octanol–water partition coefficient (Wildman–Crippen LogP) is 4.13. The number of aromatic nitrogens is 2. The maximum absolute atomic E-state index is 6.37. The van der Waals surface area contributed by atoms with Gasteiger partial charge < -0.3 is 4.74 Å². The van der Waals surface area contributed by atoms with E-state index in [0.29, 0.717) is 10.9 Å². The van der Waals surface area contributed by atoms with E-state index in [0.717, 1.165) is 34.2 Å². The van der Waals surface area contributed by atoms with Crippen molar-refractivity contribution < 1.29 is 9.57 Å². The Morgan fingerprint density at radius 1 is 1.15 bits per heavy atom. The van der Waals surface area contributed by atoms with Crippen LogP contribution < -0.4 is 10.2 Å². The maximum atomic E-state index is 6.37. The zero-order chi connectivity index (χ0) is 19.0. The Morgan fingerprint density at radius 3 is 2.74 bits per heavy atom. The van der Waals surface area contributed by atoms with Gasteiger partial charge in [-0.1, -0.05) is 35.9 Å². The number of amidine groups is 1. The number of aryl methyl sites for hydroxylation is 1. The molecule has 0 fully saturated rings. The van der Waals surface area contributed by atoms with Gasteiger partial charge in [0, 0.05) is 11.3 Å². The summed E-state index contributed by atoms with van der Waals surface area (Å²) in [4.78, 5) is 15.0. The molecule has 1 aliphatic rings.